The Kier molecular flexibility index (Phi) is 5.58. The van der Waals surface area contributed by atoms with Crippen molar-refractivity contribution in [3.05, 3.63) is 87.6 Å². The largest absolute Gasteiger partial charge is 0.449 e. The molecule has 0 bridgehead atoms. The first kappa shape index (κ1) is 19.2. The average Bonchev–Trinajstić information content (AvgIpc) is 3.33. The van der Waals surface area contributed by atoms with E-state index in [0.717, 1.165) is 10.4 Å². The number of ketones is 1. The van der Waals surface area contributed by atoms with Crippen molar-refractivity contribution in [3.63, 3.8) is 0 Å². The number of hydrogen-bond acceptors (Lipinski definition) is 4. The maximum absolute atomic E-state index is 12.1. The van der Waals surface area contributed by atoms with E-state index in [-0.39, 0.29) is 11.7 Å². The summed E-state index contributed by atoms with van der Waals surface area (Å²) in [5, 5.41) is 4.62. The second kappa shape index (κ2) is 8.45. The van der Waals surface area contributed by atoms with E-state index < -0.39 is 6.09 Å². The summed E-state index contributed by atoms with van der Waals surface area (Å²) in [6, 6.07) is 18.4. The van der Waals surface area contributed by atoms with Crippen LogP contribution in [0.5, 0.6) is 0 Å². The minimum absolute atomic E-state index is 0.0455. The maximum atomic E-state index is 12.1. The van der Waals surface area contributed by atoms with Gasteiger partial charge in [0.25, 0.3) is 0 Å². The minimum atomic E-state index is -0.450. The lowest BCUT2D eigenvalue weighted by Gasteiger charge is -2.14. The molecule has 146 valence electrons. The van der Waals surface area contributed by atoms with Gasteiger partial charge in [0.05, 0.1) is 4.88 Å². The Bertz CT molecular complexity index is 1040. The highest BCUT2D eigenvalue weighted by Crippen LogP contribution is 2.44. The first-order chi connectivity index (χ1) is 14.1. The van der Waals surface area contributed by atoms with Crippen LogP contribution in [0.3, 0.4) is 0 Å². The number of alkyl carbamates (subject to hydrolysis) is 1. The quantitative estimate of drug-likeness (QED) is 0.553. The second-order valence-electron chi connectivity index (χ2n) is 6.87. The van der Waals surface area contributed by atoms with Gasteiger partial charge in [-0.1, -0.05) is 60.7 Å². The van der Waals surface area contributed by atoms with Gasteiger partial charge in [-0.2, -0.15) is 0 Å². The van der Waals surface area contributed by atoms with E-state index in [9.17, 15) is 9.59 Å². The zero-order valence-electron chi connectivity index (χ0n) is 16.1. The fraction of sp³-hybridized carbons (Fsp3) is 0.167. The topological polar surface area (TPSA) is 55.4 Å². The monoisotopic (exact) mass is 403 g/mol. The number of rotatable bonds is 6. The fourth-order valence-corrected chi connectivity index (χ4v) is 4.50. The third kappa shape index (κ3) is 4.00. The highest BCUT2D eigenvalue weighted by Gasteiger charge is 2.28. The molecular formula is C24H21NO3S. The Morgan fingerprint density at radius 2 is 1.69 bits per heavy atom. The third-order valence-electron chi connectivity index (χ3n) is 5.02. The van der Waals surface area contributed by atoms with Crippen LogP contribution in [0.15, 0.2) is 66.1 Å². The summed E-state index contributed by atoms with van der Waals surface area (Å²) in [6.45, 7) is 2.19. The van der Waals surface area contributed by atoms with Crippen molar-refractivity contribution in [1.29, 1.82) is 0 Å². The molecule has 4 rings (SSSR count). The van der Waals surface area contributed by atoms with Gasteiger partial charge in [0, 0.05) is 12.5 Å². The van der Waals surface area contributed by atoms with Gasteiger partial charge in [0.1, 0.15) is 6.61 Å². The molecule has 1 amide bonds. The lowest BCUT2D eigenvalue weighted by molar-refractivity contribution is 0.102. The van der Waals surface area contributed by atoms with Crippen molar-refractivity contribution < 1.29 is 14.3 Å². The molecule has 0 saturated carbocycles. The zero-order chi connectivity index (χ0) is 20.2. The number of amides is 1. The van der Waals surface area contributed by atoms with Crippen molar-refractivity contribution in [2.75, 3.05) is 13.2 Å². The molecule has 1 aromatic heterocycles. The predicted molar refractivity (Wildman–Crippen MR) is 116 cm³/mol. The van der Waals surface area contributed by atoms with Crippen LogP contribution < -0.4 is 5.32 Å². The summed E-state index contributed by atoms with van der Waals surface area (Å²) in [4.78, 5) is 24.4. The predicted octanol–water partition coefficient (Wildman–Crippen LogP) is 5.50. The summed E-state index contributed by atoms with van der Waals surface area (Å²) in [5.74, 6) is 0.0942. The Balaban J connectivity index is 1.34. The standard InChI is InChI=1S/C24H21NO3S/c1-16(26)23-17(12-14-29-23)7-6-13-25-24(27)28-15-22-20-10-4-2-8-18(20)19-9-3-5-11-21(19)22/h2-12,14,22H,13,15H2,1H3,(H,25,27). The molecule has 0 aliphatic heterocycles. The number of carbonyl (C=O) groups excluding carboxylic acids is 2. The molecule has 1 heterocycles. The summed E-state index contributed by atoms with van der Waals surface area (Å²) < 4.78 is 5.50. The van der Waals surface area contributed by atoms with Crippen LogP contribution in [0.25, 0.3) is 17.2 Å². The highest BCUT2D eigenvalue weighted by atomic mass is 32.1. The Labute approximate surface area is 173 Å². The Hall–Kier alpha value is -3.18. The first-order valence-electron chi connectivity index (χ1n) is 9.49. The van der Waals surface area contributed by atoms with Crippen molar-refractivity contribution in [3.8, 4) is 11.1 Å². The third-order valence-corrected chi connectivity index (χ3v) is 6.05. The molecule has 4 nitrogen and oxygen atoms in total. The van der Waals surface area contributed by atoms with E-state index in [2.05, 4.69) is 29.6 Å². The Morgan fingerprint density at radius 1 is 1.03 bits per heavy atom. The van der Waals surface area contributed by atoms with E-state index in [1.54, 1.807) is 6.92 Å². The van der Waals surface area contributed by atoms with Gasteiger partial charge < -0.3 is 10.1 Å². The van der Waals surface area contributed by atoms with Crippen LogP contribution in [0, 0.1) is 0 Å². The molecule has 2 aromatic carbocycles. The molecule has 0 radical (unpaired) electrons. The molecule has 0 fully saturated rings. The van der Waals surface area contributed by atoms with Gasteiger partial charge in [-0.05, 0) is 46.2 Å². The Morgan fingerprint density at radius 3 is 2.34 bits per heavy atom. The van der Waals surface area contributed by atoms with Crippen molar-refractivity contribution in [2.24, 2.45) is 0 Å². The van der Waals surface area contributed by atoms with Gasteiger partial charge in [-0.15, -0.1) is 11.3 Å². The van der Waals surface area contributed by atoms with E-state index in [4.69, 9.17) is 4.74 Å². The number of hydrogen-bond donors (Lipinski definition) is 1. The molecule has 0 spiro atoms. The fourth-order valence-electron chi connectivity index (χ4n) is 3.71. The van der Waals surface area contributed by atoms with Crippen LogP contribution in [-0.2, 0) is 4.74 Å². The maximum Gasteiger partial charge on any atom is 0.407 e. The lowest BCUT2D eigenvalue weighted by Crippen LogP contribution is -2.26. The smallest absolute Gasteiger partial charge is 0.407 e. The molecule has 29 heavy (non-hydrogen) atoms. The molecule has 1 aliphatic rings. The van der Waals surface area contributed by atoms with Crippen LogP contribution in [0.2, 0.25) is 0 Å². The normalized spacial score (nSPS) is 12.6. The van der Waals surface area contributed by atoms with Crippen molar-refractivity contribution in [1.82, 2.24) is 5.32 Å². The molecule has 0 atom stereocenters. The van der Waals surface area contributed by atoms with E-state index in [0.29, 0.717) is 13.2 Å². The zero-order valence-corrected chi connectivity index (χ0v) is 16.9. The number of thiophene rings is 1. The van der Waals surface area contributed by atoms with Crippen LogP contribution in [0.4, 0.5) is 4.79 Å². The molecule has 5 heteroatoms. The molecule has 3 aromatic rings. The molecule has 0 unspecified atom stereocenters. The van der Waals surface area contributed by atoms with Gasteiger partial charge >= 0.3 is 6.09 Å². The van der Waals surface area contributed by atoms with E-state index >= 15 is 0 Å². The number of benzene rings is 2. The average molecular weight is 404 g/mol. The van der Waals surface area contributed by atoms with Gasteiger partial charge in [-0.3, -0.25) is 4.79 Å². The molecule has 1 aliphatic carbocycles. The van der Waals surface area contributed by atoms with E-state index in [1.807, 2.05) is 47.9 Å². The SMILES string of the molecule is CC(=O)c1sccc1C=CCNC(=O)OCC1c2ccccc2-c2ccccc21. The van der Waals surface area contributed by atoms with Crippen molar-refractivity contribution in [2.45, 2.75) is 12.8 Å². The summed E-state index contributed by atoms with van der Waals surface area (Å²) in [6.07, 6.45) is 3.21. The molecule has 1 N–H and O–H groups in total. The minimum Gasteiger partial charge on any atom is -0.449 e. The number of fused-ring (bicyclic) bond motifs is 3. The molecule has 0 saturated heterocycles. The lowest BCUT2D eigenvalue weighted by atomic mass is 9.98. The summed E-state index contributed by atoms with van der Waals surface area (Å²) in [7, 11) is 0. The first-order valence-corrected chi connectivity index (χ1v) is 10.4. The van der Waals surface area contributed by atoms with Crippen LogP contribution >= 0.6 is 11.3 Å². The van der Waals surface area contributed by atoms with Gasteiger partial charge in [-0.25, -0.2) is 4.79 Å². The van der Waals surface area contributed by atoms with E-state index in [1.165, 1.54) is 33.6 Å². The van der Waals surface area contributed by atoms with Crippen LogP contribution in [0.1, 0.15) is 39.2 Å². The van der Waals surface area contributed by atoms with Gasteiger partial charge in [0.15, 0.2) is 5.78 Å². The summed E-state index contributed by atoms with van der Waals surface area (Å²) in [5.41, 5.74) is 5.66. The molecular weight excluding hydrogens is 382 g/mol. The number of carbonyl (C=O) groups is 2. The highest BCUT2D eigenvalue weighted by molar-refractivity contribution is 7.12. The number of Topliss-reactive ketones (excluding diaryl/α,β-unsaturated/α-hetero) is 1. The number of ether oxygens (including phenoxy) is 1. The summed E-state index contributed by atoms with van der Waals surface area (Å²) >= 11 is 1.42. The van der Waals surface area contributed by atoms with Gasteiger partial charge in [0.2, 0.25) is 0 Å². The number of nitrogens with one attached hydrogen (secondary N) is 1. The van der Waals surface area contributed by atoms with Crippen LogP contribution in [-0.4, -0.2) is 25.0 Å². The van der Waals surface area contributed by atoms with Crippen molar-refractivity contribution >= 4 is 29.3 Å². The second-order valence-corrected chi connectivity index (χ2v) is 7.79.